The summed E-state index contributed by atoms with van der Waals surface area (Å²) in [7, 11) is 0. The van der Waals surface area contributed by atoms with E-state index < -0.39 is 5.97 Å². The number of hydrogen-bond acceptors (Lipinski definition) is 4. The quantitative estimate of drug-likeness (QED) is 0.538. The average molecular weight is 384 g/mol. The second-order valence-electron chi connectivity index (χ2n) is 6.65. The first-order chi connectivity index (χ1) is 13.6. The number of hydrogen-bond donors (Lipinski definition) is 3. The molecule has 0 saturated heterocycles. The molecule has 0 atom stereocenters. The Morgan fingerprint density at radius 3 is 2.50 bits per heavy atom. The molecule has 0 amide bonds. The highest BCUT2D eigenvalue weighted by atomic mass is 16.5. The van der Waals surface area contributed by atoms with Gasteiger partial charge in [0.05, 0.1) is 13.2 Å². The summed E-state index contributed by atoms with van der Waals surface area (Å²) in [4.78, 5) is 10.8. The fraction of sp³-hybridized carbons (Fsp3) is 0.348. The van der Waals surface area contributed by atoms with Crippen LogP contribution < -0.4 is 4.74 Å². The van der Waals surface area contributed by atoms with E-state index in [1.807, 2.05) is 42.5 Å². The van der Waals surface area contributed by atoms with E-state index in [9.17, 15) is 15.0 Å². The van der Waals surface area contributed by atoms with Crippen molar-refractivity contribution in [1.29, 1.82) is 0 Å². The van der Waals surface area contributed by atoms with Gasteiger partial charge >= 0.3 is 5.97 Å². The van der Waals surface area contributed by atoms with E-state index in [0.29, 0.717) is 24.2 Å². The van der Waals surface area contributed by atoms with E-state index in [4.69, 9.17) is 9.84 Å². The lowest BCUT2D eigenvalue weighted by atomic mass is 9.99. The fourth-order valence-electron chi connectivity index (χ4n) is 3.03. The molecular weight excluding hydrogens is 356 g/mol. The molecule has 0 heterocycles. The van der Waals surface area contributed by atoms with Crippen LogP contribution >= 0.6 is 0 Å². The van der Waals surface area contributed by atoms with E-state index in [1.165, 1.54) is 0 Å². The number of allylic oxidation sites excluding steroid dienone is 2. The Morgan fingerprint density at radius 2 is 1.82 bits per heavy atom. The number of aliphatic hydroxyl groups is 2. The van der Waals surface area contributed by atoms with Gasteiger partial charge in [0.15, 0.2) is 0 Å². The van der Waals surface area contributed by atoms with E-state index in [-0.39, 0.29) is 19.6 Å². The normalized spacial score (nSPS) is 11.5. The van der Waals surface area contributed by atoms with Crippen LogP contribution in [0.2, 0.25) is 0 Å². The summed E-state index contributed by atoms with van der Waals surface area (Å²) in [5, 5.41) is 27.5. The number of benzene rings is 2. The molecule has 0 bridgehead atoms. The summed E-state index contributed by atoms with van der Waals surface area (Å²) < 4.78 is 5.91. The molecule has 5 nitrogen and oxygen atoms in total. The lowest BCUT2D eigenvalue weighted by molar-refractivity contribution is -0.136. The third-order valence-corrected chi connectivity index (χ3v) is 4.49. The van der Waals surface area contributed by atoms with Crippen LogP contribution in [0.5, 0.6) is 5.75 Å². The van der Waals surface area contributed by atoms with Gasteiger partial charge in [0.1, 0.15) is 12.4 Å². The highest BCUT2D eigenvalue weighted by Crippen LogP contribution is 2.25. The maximum absolute atomic E-state index is 10.8. The minimum absolute atomic E-state index is 0.104. The van der Waals surface area contributed by atoms with Crippen molar-refractivity contribution in [3.8, 4) is 5.75 Å². The van der Waals surface area contributed by atoms with Crippen LogP contribution in [0.25, 0.3) is 5.57 Å². The van der Waals surface area contributed by atoms with Crippen LogP contribution in [-0.2, 0) is 24.6 Å². The second kappa shape index (κ2) is 11.3. The summed E-state index contributed by atoms with van der Waals surface area (Å²) in [6.45, 7) is 2.22. The molecule has 3 N–H and O–H groups in total. The van der Waals surface area contributed by atoms with Gasteiger partial charge in [-0.3, -0.25) is 4.79 Å². The molecule has 5 heteroatoms. The predicted octanol–water partition coefficient (Wildman–Crippen LogP) is 4.30. The minimum Gasteiger partial charge on any atom is -0.489 e. The first-order valence-electron chi connectivity index (χ1n) is 9.53. The van der Waals surface area contributed by atoms with Gasteiger partial charge in [-0.1, -0.05) is 43.7 Å². The van der Waals surface area contributed by atoms with E-state index in [2.05, 4.69) is 6.92 Å². The van der Waals surface area contributed by atoms with Crippen molar-refractivity contribution in [2.75, 3.05) is 0 Å². The molecule has 0 aromatic heterocycles. The zero-order valence-corrected chi connectivity index (χ0v) is 16.2. The predicted molar refractivity (Wildman–Crippen MR) is 109 cm³/mol. The monoisotopic (exact) mass is 384 g/mol. The number of ether oxygens (including phenoxy) is 1. The topological polar surface area (TPSA) is 87.0 Å². The zero-order chi connectivity index (χ0) is 20.4. The minimum atomic E-state index is -0.793. The van der Waals surface area contributed by atoms with E-state index in [0.717, 1.165) is 35.3 Å². The van der Waals surface area contributed by atoms with Crippen molar-refractivity contribution in [1.82, 2.24) is 0 Å². The molecule has 0 spiro atoms. The smallest absolute Gasteiger partial charge is 0.303 e. The fourth-order valence-corrected chi connectivity index (χ4v) is 3.03. The number of carboxylic acid groups (broad SMARTS) is 1. The molecule has 28 heavy (non-hydrogen) atoms. The van der Waals surface area contributed by atoms with Crippen molar-refractivity contribution < 1.29 is 24.9 Å². The van der Waals surface area contributed by atoms with Crippen LogP contribution in [-0.4, -0.2) is 21.3 Å². The Balaban J connectivity index is 2.10. The second-order valence-corrected chi connectivity index (χ2v) is 6.65. The number of carbonyl (C=O) groups is 1. The average Bonchev–Trinajstić information content (AvgIpc) is 2.71. The van der Waals surface area contributed by atoms with Crippen LogP contribution in [0.1, 0.15) is 54.9 Å². The summed E-state index contributed by atoms with van der Waals surface area (Å²) in [5.74, 6) is -0.0619. The first kappa shape index (κ1) is 21.7. The summed E-state index contributed by atoms with van der Waals surface area (Å²) in [6, 6.07) is 13.3. The maximum Gasteiger partial charge on any atom is 0.303 e. The molecule has 0 fully saturated rings. The number of aliphatic carboxylic acids is 1. The largest absolute Gasteiger partial charge is 0.489 e. The van der Waals surface area contributed by atoms with Crippen molar-refractivity contribution in [2.45, 2.75) is 52.4 Å². The molecule has 0 aliphatic carbocycles. The molecule has 0 unspecified atom stereocenters. The third-order valence-electron chi connectivity index (χ3n) is 4.49. The van der Waals surface area contributed by atoms with Crippen molar-refractivity contribution >= 4 is 11.5 Å². The molecular formula is C23H28O5. The molecule has 0 aliphatic rings. The van der Waals surface area contributed by atoms with Crippen molar-refractivity contribution in [3.63, 3.8) is 0 Å². The van der Waals surface area contributed by atoms with Crippen molar-refractivity contribution in [3.05, 3.63) is 70.8 Å². The van der Waals surface area contributed by atoms with E-state index in [1.54, 1.807) is 6.07 Å². The van der Waals surface area contributed by atoms with Gasteiger partial charge in [0.2, 0.25) is 0 Å². The van der Waals surface area contributed by atoms with Crippen LogP contribution in [0.3, 0.4) is 0 Å². The van der Waals surface area contributed by atoms with Gasteiger partial charge in [-0.25, -0.2) is 0 Å². The van der Waals surface area contributed by atoms with Gasteiger partial charge in [-0.2, -0.15) is 0 Å². The Hall–Kier alpha value is -2.63. The Morgan fingerprint density at radius 1 is 1.04 bits per heavy atom. The lowest BCUT2D eigenvalue weighted by Crippen LogP contribution is -2.00. The molecule has 2 rings (SSSR count). The molecule has 150 valence electrons. The molecule has 0 radical (unpaired) electrons. The van der Waals surface area contributed by atoms with Gasteiger partial charge < -0.3 is 20.1 Å². The Bertz CT molecular complexity index is 810. The SMILES string of the molecule is CCC/C(=C/CCC(=O)O)c1cccc(OCc2ccc(CO)c(CO)c2)c1. The maximum atomic E-state index is 10.8. The Labute approximate surface area is 165 Å². The third kappa shape index (κ3) is 6.51. The van der Waals surface area contributed by atoms with Gasteiger partial charge in [0, 0.05) is 6.42 Å². The molecule has 0 aliphatic heterocycles. The first-order valence-corrected chi connectivity index (χ1v) is 9.53. The highest BCUT2D eigenvalue weighted by Gasteiger charge is 2.06. The lowest BCUT2D eigenvalue weighted by Gasteiger charge is -2.12. The van der Waals surface area contributed by atoms with Crippen molar-refractivity contribution in [2.24, 2.45) is 0 Å². The summed E-state index contributed by atoms with van der Waals surface area (Å²) in [6.07, 6.45) is 4.49. The molecule has 2 aromatic rings. The highest BCUT2D eigenvalue weighted by molar-refractivity contribution is 5.69. The van der Waals surface area contributed by atoms with E-state index >= 15 is 0 Å². The summed E-state index contributed by atoms with van der Waals surface area (Å²) in [5.41, 5.74) is 4.49. The van der Waals surface area contributed by atoms with Gasteiger partial charge in [-0.05, 0) is 58.9 Å². The van der Waals surface area contributed by atoms with Crippen LogP contribution in [0.15, 0.2) is 48.5 Å². The zero-order valence-electron chi connectivity index (χ0n) is 16.2. The van der Waals surface area contributed by atoms with Gasteiger partial charge in [-0.15, -0.1) is 0 Å². The molecule has 0 saturated carbocycles. The summed E-state index contributed by atoms with van der Waals surface area (Å²) >= 11 is 0. The Kier molecular flexibility index (Phi) is 8.72. The van der Waals surface area contributed by atoms with Crippen LogP contribution in [0.4, 0.5) is 0 Å². The van der Waals surface area contributed by atoms with Crippen LogP contribution in [0, 0.1) is 0 Å². The number of aliphatic hydroxyl groups excluding tert-OH is 2. The number of rotatable bonds is 11. The molecule has 2 aromatic carbocycles. The standard InChI is InChI=1S/C23H28O5/c1-2-5-18(6-4-9-23(26)27)19-7-3-8-22(13-19)28-16-17-10-11-20(14-24)21(12-17)15-25/h3,6-8,10-13,24-25H,2,4-5,9,14-16H2,1H3,(H,26,27)/b18-6-. The number of carboxylic acids is 1. The van der Waals surface area contributed by atoms with Gasteiger partial charge in [0.25, 0.3) is 0 Å².